The van der Waals surface area contributed by atoms with Crippen molar-refractivity contribution >= 4 is 0 Å². The van der Waals surface area contributed by atoms with Gasteiger partial charge in [-0.1, -0.05) is 67.2 Å². The number of nitriles is 1. The van der Waals surface area contributed by atoms with Gasteiger partial charge in [-0.25, -0.2) is 0 Å². The average molecular weight is 219 g/mol. The number of benzene rings is 2. The second-order valence-corrected chi connectivity index (χ2v) is 3.89. The normalized spacial score (nSPS) is 9.88. The third-order valence-electron chi connectivity index (χ3n) is 2.76. The first-order valence-corrected chi connectivity index (χ1v) is 5.51. The summed E-state index contributed by atoms with van der Waals surface area (Å²) in [6.45, 7) is 3.87. The Balaban J connectivity index is 2.48. The summed E-state index contributed by atoms with van der Waals surface area (Å²) in [6, 6.07) is 22.2. The van der Waals surface area contributed by atoms with Crippen molar-refractivity contribution in [1.29, 1.82) is 5.26 Å². The lowest BCUT2D eigenvalue weighted by Crippen LogP contribution is -2.02. The van der Waals surface area contributed by atoms with E-state index in [-0.39, 0.29) is 5.92 Å². The SMILES string of the molecule is C=C(C#N)C(c1ccccc1)c1ccccc1. The molecular weight excluding hydrogens is 206 g/mol. The van der Waals surface area contributed by atoms with Crippen LogP contribution in [0.5, 0.6) is 0 Å². The Bertz CT molecular complexity index is 495. The third-order valence-corrected chi connectivity index (χ3v) is 2.76. The molecule has 0 heterocycles. The van der Waals surface area contributed by atoms with Gasteiger partial charge in [0.25, 0.3) is 0 Å². The molecule has 0 aliphatic heterocycles. The van der Waals surface area contributed by atoms with Crippen LogP contribution < -0.4 is 0 Å². The molecule has 1 nitrogen and oxygen atoms in total. The minimum absolute atomic E-state index is 0.0394. The summed E-state index contributed by atoms with van der Waals surface area (Å²) in [6.07, 6.45) is 0. The van der Waals surface area contributed by atoms with E-state index in [1.54, 1.807) is 0 Å². The quantitative estimate of drug-likeness (QED) is 0.718. The molecule has 0 unspecified atom stereocenters. The van der Waals surface area contributed by atoms with Gasteiger partial charge in [0.2, 0.25) is 0 Å². The maximum absolute atomic E-state index is 9.08. The van der Waals surface area contributed by atoms with Crippen molar-refractivity contribution in [2.75, 3.05) is 0 Å². The molecule has 2 aromatic carbocycles. The summed E-state index contributed by atoms with van der Waals surface area (Å²) >= 11 is 0. The molecule has 0 spiro atoms. The summed E-state index contributed by atoms with van der Waals surface area (Å²) < 4.78 is 0. The molecular formula is C16H13N. The monoisotopic (exact) mass is 219 g/mol. The number of hydrogen-bond donors (Lipinski definition) is 0. The lowest BCUT2D eigenvalue weighted by Gasteiger charge is -2.16. The molecule has 0 saturated heterocycles. The summed E-state index contributed by atoms with van der Waals surface area (Å²) in [5.41, 5.74) is 2.78. The molecule has 17 heavy (non-hydrogen) atoms. The van der Waals surface area contributed by atoms with Crippen molar-refractivity contribution in [2.24, 2.45) is 0 Å². The first-order chi connectivity index (χ1) is 8.33. The van der Waals surface area contributed by atoms with Gasteiger partial charge in [0.15, 0.2) is 0 Å². The van der Waals surface area contributed by atoms with Crippen molar-refractivity contribution in [1.82, 2.24) is 0 Å². The van der Waals surface area contributed by atoms with Gasteiger partial charge >= 0.3 is 0 Å². The summed E-state index contributed by atoms with van der Waals surface area (Å²) in [5, 5.41) is 9.08. The maximum atomic E-state index is 9.08. The van der Waals surface area contributed by atoms with Gasteiger partial charge in [-0.05, 0) is 11.1 Å². The van der Waals surface area contributed by atoms with Gasteiger partial charge in [0.1, 0.15) is 0 Å². The van der Waals surface area contributed by atoms with E-state index in [1.165, 1.54) is 0 Å². The molecule has 0 aliphatic carbocycles. The minimum Gasteiger partial charge on any atom is -0.193 e. The molecule has 0 atom stereocenters. The van der Waals surface area contributed by atoms with Gasteiger partial charge in [0, 0.05) is 11.5 Å². The van der Waals surface area contributed by atoms with E-state index in [0.29, 0.717) is 5.57 Å². The van der Waals surface area contributed by atoms with Crippen molar-refractivity contribution in [3.8, 4) is 6.07 Å². The van der Waals surface area contributed by atoms with Gasteiger partial charge in [-0.15, -0.1) is 0 Å². The topological polar surface area (TPSA) is 23.8 Å². The van der Waals surface area contributed by atoms with Gasteiger partial charge in [-0.3, -0.25) is 0 Å². The molecule has 0 saturated carbocycles. The molecule has 0 aliphatic rings. The molecule has 0 fully saturated rings. The van der Waals surface area contributed by atoms with E-state index in [2.05, 4.69) is 12.6 Å². The Labute approximate surface area is 102 Å². The van der Waals surface area contributed by atoms with Crippen LogP contribution in [0.1, 0.15) is 17.0 Å². The molecule has 0 aromatic heterocycles. The Morgan fingerprint density at radius 2 is 1.29 bits per heavy atom. The van der Waals surface area contributed by atoms with Crippen LogP contribution in [0.2, 0.25) is 0 Å². The first-order valence-electron chi connectivity index (χ1n) is 5.51. The predicted molar refractivity (Wildman–Crippen MR) is 69.5 cm³/mol. The zero-order valence-electron chi connectivity index (χ0n) is 9.51. The van der Waals surface area contributed by atoms with E-state index in [4.69, 9.17) is 5.26 Å². The molecule has 1 heteroatoms. The Morgan fingerprint density at radius 1 is 0.882 bits per heavy atom. The molecule has 0 N–H and O–H groups in total. The van der Waals surface area contributed by atoms with Crippen LogP contribution in [-0.4, -0.2) is 0 Å². The fourth-order valence-electron chi connectivity index (χ4n) is 1.95. The van der Waals surface area contributed by atoms with Crippen molar-refractivity contribution in [3.05, 3.63) is 83.9 Å². The van der Waals surface area contributed by atoms with Crippen LogP contribution in [0.25, 0.3) is 0 Å². The second-order valence-electron chi connectivity index (χ2n) is 3.89. The Kier molecular flexibility index (Phi) is 3.37. The highest BCUT2D eigenvalue weighted by molar-refractivity contribution is 5.44. The fourth-order valence-corrected chi connectivity index (χ4v) is 1.95. The Hall–Kier alpha value is -2.33. The summed E-state index contributed by atoms with van der Waals surface area (Å²) in [4.78, 5) is 0. The molecule has 82 valence electrons. The van der Waals surface area contributed by atoms with E-state index in [9.17, 15) is 0 Å². The van der Waals surface area contributed by atoms with Crippen molar-refractivity contribution < 1.29 is 0 Å². The minimum atomic E-state index is -0.0394. The van der Waals surface area contributed by atoms with E-state index in [1.807, 2.05) is 60.7 Å². The fraction of sp³-hybridized carbons (Fsp3) is 0.0625. The lowest BCUT2D eigenvalue weighted by atomic mass is 9.86. The number of nitrogens with zero attached hydrogens (tertiary/aromatic N) is 1. The van der Waals surface area contributed by atoms with Crippen LogP contribution in [-0.2, 0) is 0 Å². The third kappa shape index (κ3) is 2.43. The zero-order chi connectivity index (χ0) is 12.1. The standard InChI is InChI=1S/C16H13N/c1-13(12-17)16(14-8-4-2-5-9-14)15-10-6-3-7-11-15/h2-11,16H,1H2. The Morgan fingerprint density at radius 3 is 1.65 bits per heavy atom. The molecule has 0 bridgehead atoms. The number of allylic oxidation sites excluding steroid dienone is 1. The summed E-state index contributed by atoms with van der Waals surface area (Å²) in [7, 11) is 0. The maximum Gasteiger partial charge on any atom is 0.0951 e. The molecule has 2 rings (SSSR count). The highest BCUT2D eigenvalue weighted by atomic mass is 14.3. The van der Waals surface area contributed by atoms with Crippen LogP contribution in [0.15, 0.2) is 72.8 Å². The van der Waals surface area contributed by atoms with Crippen LogP contribution in [0, 0.1) is 11.3 Å². The molecule has 0 amide bonds. The lowest BCUT2D eigenvalue weighted by molar-refractivity contribution is 0.986. The van der Waals surface area contributed by atoms with Crippen LogP contribution in [0.3, 0.4) is 0 Å². The first kappa shape index (κ1) is 11.2. The number of hydrogen-bond acceptors (Lipinski definition) is 1. The van der Waals surface area contributed by atoms with Crippen LogP contribution >= 0.6 is 0 Å². The highest BCUT2D eigenvalue weighted by Gasteiger charge is 2.16. The smallest absolute Gasteiger partial charge is 0.0951 e. The number of rotatable bonds is 3. The largest absolute Gasteiger partial charge is 0.193 e. The van der Waals surface area contributed by atoms with Gasteiger partial charge < -0.3 is 0 Å². The van der Waals surface area contributed by atoms with Crippen molar-refractivity contribution in [3.63, 3.8) is 0 Å². The van der Waals surface area contributed by atoms with E-state index in [0.717, 1.165) is 11.1 Å². The van der Waals surface area contributed by atoms with Crippen molar-refractivity contribution in [2.45, 2.75) is 5.92 Å². The van der Waals surface area contributed by atoms with E-state index < -0.39 is 0 Å². The second kappa shape index (κ2) is 5.14. The zero-order valence-corrected chi connectivity index (χ0v) is 9.51. The van der Waals surface area contributed by atoms with Gasteiger partial charge in [-0.2, -0.15) is 5.26 Å². The van der Waals surface area contributed by atoms with E-state index >= 15 is 0 Å². The predicted octanol–water partition coefficient (Wildman–Crippen LogP) is 3.90. The molecule has 0 radical (unpaired) electrons. The highest BCUT2D eigenvalue weighted by Crippen LogP contribution is 2.30. The summed E-state index contributed by atoms with van der Waals surface area (Å²) in [5.74, 6) is -0.0394. The van der Waals surface area contributed by atoms with Crippen LogP contribution in [0.4, 0.5) is 0 Å². The average Bonchev–Trinajstić information content (AvgIpc) is 2.41. The van der Waals surface area contributed by atoms with Gasteiger partial charge in [0.05, 0.1) is 6.07 Å². The molecule has 2 aromatic rings.